The first-order valence-electron chi connectivity index (χ1n) is 4.64. The minimum absolute atomic E-state index is 0.279. The van der Waals surface area contributed by atoms with Crippen LogP contribution in [0.5, 0.6) is 0 Å². The topological polar surface area (TPSA) is 56.7 Å². The molecule has 0 aliphatic rings. The van der Waals surface area contributed by atoms with E-state index in [4.69, 9.17) is 5.73 Å². The average Bonchev–Trinajstić information content (AvgIpc) is 2.52. The van der Waals surface area contributed by atoms with Crippen molar-refractivity contribution in [2.75, 3.05) is 0 Å². The molecule has 0 aliphatic heterocycles. The Labute approximate surface area is 85.3 Å². The second kappa shape index (κ2) is 4.61. The third-order valence-corrected chi connectivity index (χ3v) is 1.95. The molecule has 1 atom stereocenters. The van der Waals surface area contributed by atoms with Crippen LogP contribution in [0.3, 0.4) is 0 Å². The van der Waals surface area contributed by atoms with E-state index in [1.165, 1.54) is 11.0 Å². The molecule has 0 bridgehead atoms. The number of halogens is 3. The lowest BCUT2D eigenvalue weighted by atomic mass is 10.2. The zero-order chi connectivity index (χ0) is 11.5. The van der Waals surface area contributed by atoms with Gasteiger partial charge in [-0.3, -0.25) is 4.68 Å². The monoisotopic (exact) mass is 222 g/mol. The van der Waals surface area contributed by atoms with Gasteiger partial charge in [0, 0.05) is 13.0 Å². The SMILES string of the molecule is CCCn1ncnc1CC(N)C(F)(F)F. The van der Waals surface area contributed by atoms with E-state index >= 15 is 0 Å². The summed E-state index contributed by atoms with van der Waals surface area (Å²) in [6.45, 7) is 2.47. The number of aromatic nitrogens is 3. The summed E-state index contributed by atoms with van der Waals surface area (Å²) in [4.78, 5) is 3.76. The third-order valence-electron chi connectivity index (χ3n) is 1.95. The highest BCUT2D eigenvalue weighted by atomic mass is 19.4. The van der Waals surface area contributed by atoms with Crippen molar-refractivity contribution in [3.63, 3.8) is 0 Å². The molecule has 15 heavy (non-hydrogen) atoms. The van der Waals surface area contributed by atoms with E-state index in [1.54, 1.807) is 0 Å². The number of hydrogen-bond donors (Lipinski definition) is 1. The van der Waals surface area contributed by atoms with E-state index in [9.17, 15) is 13.2 Å². The molecule has 2 N–H and O–H groups in total. The van der Waals surface area contributed by atoms with Crippen molar-refractivity contribution in [1.82, 2.24) is 14.8 Å². The molecular formula is C8H13F3N4. The molecule has 0 amide bonds. The molecule has 0 saturated carbocycles. The van der Waals surface area contributed by atoms with E-state index in [0.717, 1.165) is 6.42 Å². The molecule has 1 heterocycles. The zero-order valence-corrected chi connectivity index (χ0v) is 8.33. The molecular weight excluding hydrogens is 209 g/mol. The lowest BCUT2D eigenvalue weighted by Gasteiger charge is -2.15. The Kier molecular flexibility index (Phi) is 3.67. The highest BCUT2D eigenvalue weighted by molar-refractivity contribution is 4.91. The molecule has 1 rings (SSSR count). The number of nitrogens with two attached hydrogens (primary N) is 1. The predicted molar refractivity (Wildman–Crippen MR) is 48.0 cm³/mol. The van der Waals surface area contributed by atoms with Crippen molar-refractivity contribution in [3.8, 4) is 0 Å². The highest BCUT2D eigenvalue weighted by Gasteiger charge is 2.37. The Hall–Kier alpha value is -1.11. The van der Waals surface area contributed by atoms with Crippen LogP contribution in [0.1, 0.15) is 19.2 Å². The molecule has 0 spiro atoms. The van der Waals surface area contributed by atoms with Crippen molar-refractivity contribution in [2.24, 2.45) is 5.73 Å². The summed E-state index contributed by atoms with van der Waals surface area (Å²) < 4.78 is 38.0. The molecule has 0 aliphatic carbocycles. The lowest BCUT2D eigenvalue weighted by molar-refractivity contribution is -0.147. The van der Waals surface area contributed by atoms with E-state index in [-0.39, 0.29) is 12.2 Å². The fourth-order valence-electron chi connectivity index (χ4n) is 1.16. The van der Waals surface area contributed by atoms with E-state index in [1.807, 2.05) is 6.92 Å². The maximum absolute atomic E-state index is 12.2. The summed E-state index contributed by atoms with van der Waals surface area (Å²) in [6.07, 6.45) is -2.68. The van der Waals surface area contributed by atoms with Crippen LogP contribution < -0.4 is 5.73 Å². The maximum Gasteiger partial charge on any atom is 0.404 e. The molecule has 0 aromatic carbocycles. The molecule has 7 heteroatoms. The van der Waals surface area contributed by atoms with Crippen molar-refractivity contribution >= 4 is 0 Å². The van der Waals surface area contributed by atoms with Gasteiger partial charge < -0.3 is 5.73 Å². The Bertz CT molecular complexity index is 307. The first kappa shape index (κ1) is 12.0. The fourth-order valence-corrected chi connectivity index (χ4v) is 1.16. The van der Waals surface area contributed by atoms with Gasteiger partial charge in [0.25, 0.3) is 0 Å². The minimum Gasteiger partial charge on any atom is -0.320 e. The smallest absolute Gasteiger partial charge is 0.320 e. The second-order valence-corrected chi connectivity index (χ2v) is 3.25. The van der Waals surface area contributed by atoms with Crippen LogP contribution in [-0.2, 0) is 13.0 Å². The van der Waals surface area contributed by atoms with Crippen molar-refractivity contribution in [2.45, 2.75) is 38.5 Å². The van der Waals surface area contributed by atoms with Crippen molar-refractivity contribution in [1.29, 1.82) is 0 Å². The average molecular weight is 222 g/mol. The second-order valence-electron chi connectivity index (χ2n) is 3.25. The number of nitrogens with zero attached hydrogens (tertiary/aromatic N) is 3. The van der Waals surface area contributed by atoms with Crippen LogP contribution in [0.25, 0.3) is 0 Å². The van der Waals surface area contributed by atoms with E-state index < -0.39 is 12.2 Å². The number of alkyl halides is 3. The summed E-state index contributed by atoms with van der Waals surface area (Å²) in [5.74, 6) is 0.279. The van der Waals surface area contributed by atoms with Gasteiger partial charge in [0.05, 0.1) is 0 Å². The number of hydrogen-bond acceptors (Lipinski definition) is 3. The third kappa shape index (κ3) is 3.19. The lowest BCUT2D eigenvalue weighted by Crippen LogP contribution is -2.39. The first-order chi connectivity index (χ1) is 6.95. The van der Waals surface area contributed by atoms with Crippen molar-refractivity contribution < 1.29 is 13.2 Å². The Morgan fingerprint density at radius 2 is 2.20 bits per heavy atom. The van der Waals surface area contributed by atoms with Gasteiger partial charge in [0.2, 0.25) is 0 Å². The van der Waals surface area contributed by atoms with Crippen molar-refractivity contribution in [3.05, 3.63) is 12.2 Å². The molecule has 4 nitrogen and oxygen atoms in total. The summed E-state index contributed by atoms with van der Waals surface area (Å²) in [5, 5.41) is 3.82. The minimum atomic E-state index is -4.39. The van der Waals surface area contributed by atoms with Gasteiger partial charge in [0.15, 0.2) is 0 Å². The van der Waals surface area contributed by atoms with Gasteiger partial charge >= 0.3 is 6.18 Å². The van der Waals surface area contributed by atoms with Crippen LogP contribution in [-0.4, -0.2) is 27.0 Å². The quantitative estimate of drug-likeness (QED) is 0.830. The molecule has 1 aromatic heterocycles. The largest absolute Gasteiger partial charge is 0.404 e. The zero-order valence-electron chi connectivity index (χ0n) is 8.33. The standard InChI is InChI=1S/C8H13F3N4/c1-2-3-15-7(13-5-14-15)4-6(12)8(9,10)11/h5-6H,2-4,12H2,1H3. The van der Waals surface area contributed by atoms with E-state index in [2.05, 4.69) is 10.1 Å². The Balaban J connectivity index is 2.68. The molecule has 0 fully saturated rings. The maximum atomic E-state index is 12.2. The molecule has 86 valence electrons. The van der Waals surface area contributed by atoms with Crippen LogP contribution in [0.15, 0.2) is 6.33 Å². The summed E-state index contributed by atoms with van der Waals surface area (Å²) >= 11 is 0. The highest BCUT2D eigenvalue weighted by Crippen LogP contribution is 2.20. The number of aryl methyl sites for hydroxylation is 1. The Morgan fingerprint density at radius 3 is 2.73 bits per heavy atom. The molecule has 1 aromatic rings. The van der Waals surface area contributed by atoms with Gasteiger partial charge in [-0.05, 0) is 6.42 Å². The van der Waals surface area contributed by atoms with Gasteiger partial charge in [-0.25, -0.2) is 4.98 Å². The predicted octanol–water partition coefficient (Wildman–Crippen LogP) is 1.12. The van der Waals surface area contributed by atoms with Gasteiger partial charge in [-0.15, -0.1) is 0 Å². The summed E-state index contributed by atoms with van der Waals surface area (Å²) in [7, 11) is 0. The molecule has 0 radical (unpaired) electrons. The van der Waals surface area contributed by atoms with Crippen LogP contribution in [0.2, 0.25) is 0 Å². The van der Waals surface area contributed by atoms with Crippen LogP contribution in [0.4, 0.5) is 13.2 Å². The van der Waals surface area contributed by atoms with Gasteiger partial charge in [-0.1, -0.05) is 6.92 Å². The summed E-state index contributed by atoms with van der Waals surface area (Å²) in [6, 6.07) is -1.88. The molecule has 1 unspecified atom stereocenters. The normalized spacial score (nSPS) is 14.2. The fraction of sp³-hybridized carbons (Fsp3) is 0.750. The first-order valence-corrected chi connectivity index (χ1v) is 4.64. The Morgan fingerprint density at radius 1 is 1.53 bits per heavy atom. The van der Waals surface area contributed by atoms with Gasteiger partial charge in [0.1, 0.15) is 18.2 Å². The van der Waals surface area contributed by atoms with Gasteiger partial charge in [-0.2, -0.15) is 18.3 Å². The molecule has 0 saturated heterocycles. The van der Waals surface area contributed by atoms with Crippen LogP contribution in [0, 0.1) is 0 Å². The summed E-state index contributed by atoms with van der Waals surface area (Å²) in [5.41, 5.74) is 5.00. The number of rotatable bonds is 4. The van der Waals surface area contributed by atoms with E-state index in [0.29, 0.717) is 6.54 Å². The van der Waals surface area contributed by atoms with Crippen LogP contribution >= 0.6 is 0 Å².